The minimum atomic E-state index is 0.240. The van der Waals surface area contributed by atoms with Crippen LogP contribution in [0.25, 0.3) is 11.4 Å². The van der Waals surface area contributed by atoms with Crippen LogP contribution in [0.4, 0.5) is 0 Å². The summed E-state index contributed by atoms with van der Waals surface area (Å²) in [5.41, 5.74) is 2.10. The lowest BCUT2D eigenvalue weighted by atomic mass is 10.1. The molecule has 5 heteroatoms. The lowest BCUT2D eigenvalue weighted by molar-refractivity contribution is 0.439. The summed E-state index contributed by atoms with van der Waals surface area (Å²) < 4.78 is 2.15. The number of aryl methyl sites for hydroxylation is 1. The fraction of sp³-hybridized carbons (Fsp3) is 0.385. The zero-order valence-electron chi connectivity index (χ0n) is 10.4. The topological polar surface area (TPSA) is 42.7 Å². The number of rotatable bonds is 1. The normalized spacial score (nSPS) is 18.7. The Morgan fingerprint density at radius 3 is 3.00 bits per heavy atom. The summed E-state index contributed by atoms with van der Waals surface area (Å²) >= 11 is 6.30. The molecule has 18 heavy (non-hydrogen) atoms. The molecule has 2 aromatic rings. The average Bonchev–Trinajstić information content (AvgIpc) is 2.74. The Morgan fingerprint density at radius 2 is 2.22 bits per heavy atom. The molecule has 0 fully saturated rings. The highest BCUT2D eigenvalue weighted by molar-refractivity contribution is 6.33. The predicted octanol–water partition coefficient (Wildman–Crippen LogP) is 2.57. The number of halogens is 1. The van der Waals surface area contributed by atoms with Crippen LogP contribution in [0.3, 0.4) is 0 Å². The molecular formula is C13H15ClN4. The standard InChI is InChI=1S/C13H15ClN4/c1-8-3-4-10(11(14)7-8)13-17-16-12-9(2)15-5-6-18(12)13/h3-4,7,9,15H,5-6H2,1-2H3. The highest BCUT2D eigenvalue weighted by Crippen LogP contribution is 2.29. The summed E-state index contributed by atoms with van der Waals surface area (Å²) in [4.78, 5) is 0. The van der Waals surface area contributed by atoms with E-state index in [0.29, 0.717) is 0 Å². The summed E-state index contributed by atoms with van der Waals surface area (Å²) in [6.07, 6.45) is 0. The average molecular weight is 263 g/mol. The van der Waals surface area contributed by atoms with Gasteiger partial charge in [0.05, 0.1) is 11.1 Å². The Labute approximate surface area is 111 Å². The van der Waals surface area contributed by atoms with Crippen molar-refractivity contribution in [2.24, 2.45) is 0 Å². The molecule has 0 spiro atoms. The van der Waals surface area contributed by atoms with Gasteiger partial charge in [0.25, 0.3) is 0 Å². The van der Waals surface area contributed by atoms with E-state index in [4.69, 9.17) is 11.6 Å². The van der Waals surface area contributed by atoms with Gasteiger partial charge >= 0.3 is 0 Å². The molecule has 0 saturated carbocycles. The Bertz CT molecular complexity index is 591. The van der Waals surface area contributed by atoms with E-state index in [2.05, 4.69) is 27.0 Å². The predicted molar refractivity (Wildman–Crippen MR) is 71.6 cm³/mol. The van der Waals surface area contributed by atoms with E-state index in [9.17, 15) is 0 Å². The first-order chi connectivity index (χ1) is 8.66. The molecule has 1 unspecified atom stereocenters. The van der Waals surface area contributed by atoms with E-state index >= 15 is 0 Å². The number of benzene rings is 1. The van der Waals surface area contributed by atoms with Crippen molar-refractivity contribution < 1.29 is 0 Å². The summed E-state index contributed by atoms with van der Waals surface area (Å²) in [6, 6.07) is 6.27. The lowest BCUT2D eigenvalue weighted by Gasteiger charge is -2.22. The van der Waals surface area contributed by atoms with Gasteiger partial charge in [-0.3, -0.25) is 0 Å². The van der Waals surface area contributed by atoms with Gasteiger partial charge in [0.15, 0.2) is 5.82 Å². The molecule has 0 aliphatic carbocycles. The number of aromatic nitrogens is 3. The zero-order valence-corrected chi connectivity index (χ0v) is 11.2. The Morgan fingerprint density at radius 1 is 1.39 bits per heavy atom. The van der Waals surface area contributed by atoms with Crippen LogP contribution in [-0.4, -0.2) is 21.3 Å². The van der Waals surface area contributed by atoms with Crippen molar-refractivity contribution in [1.29, 1.82) is 0 Å². The van der Waals surface area contributed by atoms with E-state index in [0.717, 1.165) is 40.9 Å². The van der Waals surface area contributed by atoms with Crippen LogP contribution >= 0.6 is 11.6 Å². The molecule has 0 amide bonds. The highest BCUT2D eigenvalue weighted by Gasteiger charge is 2.22. The van der Waals surface area contributed by atoms with Crippen molar-refractivity contribution in [3.05, 3.63) is 34.6 Å². The van der Waals surface area contributed by atoms with Crippen LogP contribution in [0, 0.1) is 6.92 Å². The smallest absolute Gasteiger partial charge is 0.165 e. The molecule has 1 aliphatic heterocycles. The van der Waals surface area contributed by atoms with Crippen molar-refractivity contribution >= 4 is 11.6 Å². The Kier molecular flexibility index (Phi) is 2.84. The van der Waals surface area contributed by atoms with Crippen molar-refractivity contribution in [2.75, 3.05) is 6.54 Å². The van der Waals surface area contributed by atoms with E-state index in [1.165, 1.54) is 0 Å². The number of hydrogen-bond donors (Lipinski definition) is 1. The second-order valence-corrected chi connectivity index (χ2v) is 5.10. The molecule has 3 rings (SSSR count). The van der Waals surface area contributed by atoms with Gasteiger partial charge in [0.2, 0.25) is 0 Å². The minimum absolute atomic E-state index is 0.240. The monoisotopic (exact) mass is 262 g/mol. The van der Waals surface area contributed by atoms with Crippen molar-refractivity contribution in [3.8, 4) is 11.4 Å². The summed E-state index contributed by atoms with van der Waals surface area (Å²) in [5.74, 6) is 1.84. The van der Waals surface area contributed by atoms with Crippen LogP contribution < -0.4 is 5.32 Å². The fourth-order valence-corrected chi connectivity index (χ4v) is 2.66. The molecule has 1 N–H and O–H groups in total. The van der Waals surface area contributed by atoms with Gasteiger partial charge in [-0.2, -0.15) is 0 Å². The summed E-state index contributed by atoms with van der Waals surface area (Å²) in [7, 11) is 0. The molecular weight excluding hydrogens is 248 g/mol. The highest BCUT2D eigenvalue weighted by atomic mass is 35.5. The largest absolute Gasteiger partial charge is 0.308 e. The number of nitrogens with one attached hydrogen (secondary N) is 1. The van der Waals surface area contributed by atoms with E-state index in [-0.39, 0.29) is 6.04 Å². The Hall–Kier alpha value is -1.39. The zero-order chi connectivity index (χ0) is 12.7. The van der Waals surface area contributed by atoms with Crippen LogP contribution in [0.1, 0.15) is 24.4 Å². The van der Waals surface area contributed by atoms with Crippen LogP contribution in [-0.2, 0) is 6.54 Å². The second kappa shape index (κ2) is 4.37. The number of nitrogens with zero attached hydrogens (tertiary/aromatic N) is 3. The quantitative estimate of drug-likeness (QED) is 0.859. The second-order valence-electron chi connectivity index (χ2n) is 4.69. The fourth-order valence-electron chi connectivity index (χ4n) is 2.34. The maximum absolute atomic E-state index is 6.30. The first kappa shape index (κ1) is 11.7. The third-order valence-electron chi connectivity index (χ3n) is 3.32. The van der Waals surface area contributed by atoms with Crippen molar-refractivity contribution in [1.82, 2.24) is 20.1 Å². The molecule has 1 aliphatic rings. The molecule has 2 heterocycles. The Balaban J connectivity index is 2.12. The van der Waals surface area contributed by atoms with Gasteiger partial charge in [-0.25, -0.2) is 0 Å². The van der Waals surface area contributed by atoms with Gasteiger partial charge in [0, 0.05) is 18.7 Å². The van der Waals surface area contributed by atoms with E-state index in [1.807, 2.05) is 25.1 Å². The summed E-state index contributed by atoms with van der Waals surface area (Å²) in [6.45, 7) is 5.94. The van der Waals surface area contributed by atoms with Crippen molar-refractivity contribution in [3.63, 3.8) is 0 Å². The van der Waals surface area contributed by atoms with Gasteiger partial charge in [0.1, 0.15) is 5.82 Å². The number of fused-ring (bicyclic) bond motifs is 1. The maximum atomic E-state index is 6.30. The van der Waals surface area contributed by atoms with Gasteiger partial charge in [-0.1, -0.05) is 17.7 Å². The van der Waals surface area contributed by atoms with Gasteiger partial charge < -0.3 is 9.88 Å². The van der Waals surface area contributed by atoms with E-state index < -0.39 is 0 Å². The summed E-state index contributed by atoms with van der Waals surface area (Å²) in [5, 5.41) is 12.7. The molecule has 0 saturated heterocycles. The third kappa shape index (κ3) is 1.82. The maximum Gasteiger partial charge on any atom is 0.165 e. The first-order valence-corrected chi connectivity index (χ1v) is 6.47. The molecule has 1 aromatic carbocycles. The molecule has 94 valence electrons. The third-order valence-corrected chi connectivity index (χ3v) is 3.63. The molecule has 4 nitrogen and oxygen atoms in total. The van der Waals surface area contributed by atoms with Crippen LogP contribution in [0.5, 0.6) is 0 Å². The lowest BCUT2D eigenvalue weighted by Crippen LogP contribution is -2.32. The van der Waals surface area contributed by atoms with E-state index in [1.54, 1.807) is 0 Å². The molecule has 1 aromatic heterocycles. The molecule has 0 radical (unpaired) electrons. The SMILES string of the molecule is Cc1ccc(-c2nnc3n2CCNC3C)c(Cl)c1. The minimum Gasteiger partial charge on any atom is -0.308 e. The van der Waals surface area contributed by atoms with Crippen LogP contribution in [0.15, 0.2) is 18.2 Å². The molecule has 1 atom stereocenters. The molecule has 0 bridgehead atoms. The first-order valence-electron chi connectivity index (χ1n) is 6.10. The number of hydrogen-bond acceptors (Lipinski definition) is 3. The van der Waals surface area contributed by atoms with Crippen LogP contribution in [0.2, 0.25) is 5.02 Å². The van der Waals surface area contributed by atoms with Gasteiger partial charge in [-0.05, 0) is 31.5 Å². The van der Waals surface area contributed by atoms with Gasteiger partial charge in [-0.15, -0.1) is 10.2 Å². The van der Waals surface area contributed by atoms with Crippen molar-refractivity contribution in [2.45, 2.75) is 26.4 Å².